The van der Waals surface area contributed by atoms with Crippen LogP contribution < -0.4 is 44.3 Å². The molecule has 514 valence electrons. The molecule has 0 radical (unpaired) electrons. The number of ether oxygens (including phenoxy) is 1. The van der Waals surface area contributed by atoms with Crippen molar-refractivity contribution in [3.05, 3.63) is 182 Å². The number of fused-ring (bicyclic) bond motifs is 3. The van der Waals surface area contributed by atoms with Crippen molar-refractivity contribution in [2.75, 3.05) is 5.73 Å². The number of carbonyl (C=O) groups is 11. The number of benzene rings is 5. The Labute approximate surface area is 552 Å². The third-order valence-electron chi connectivity index (χ3n) is 10.7. The minimum absolute atomic E-state index is 0. The van der Waals surface area contributed by atoms with Crippen LogP contribution in [0, 0.1) is 13.8 Å². The number of nitrogen functional groups attached to an aromatic ring is 1. The van der Waals surface area contributed by atoms with Crippen molar-refractivity contribution < 1.29 is 85.8 Å². The maximum absolute atomic E-state index is 12.6. The van der Waals surface area contributed by atoms with Gasteiger partial charge in [0.05, 0.1) is 58.4 Å². The molecule has 28 nitrogen and oxygen atoms in total. The monoisotopic (exact) mass is 1340 g/mol. The first kappa shape index (κ1) is 87.5. The molecule has 94 heavy (non-hydrogen) atoms. The van der Waals surface area contributed by atoms with Gasteiger partial charge in [0, 0.05) is 39.3 Å². The van der Waals surface area contributed by atoms with Gasteiger partial charge in [0.2, 0.25) is 29.5 Å². The number of hydrogen-bond acceptors (Lipinski definition) is 19. The summed E-state index contributed by atoms with van der Waals surface area (Å²) in [6.45, 7) is 25.6. The summed E-state index contributed by atoms with van der Waals surface area (Å²) in [6.07, 6.45) is 0.246. The highest BCUT2D eigenvalue weighted by atomic mass is 35.5. The second-order valence-corrected chi connectivity index (χ2v) is 16.6. The Morgan fingerprint density at radius 3 is 1.35 bits per heavy atom. The molecular formula is C65H88ClN9O19. The van der Waals surface area contributed by atoms with Crippen LogP contribution in [0.1, 0.15) is 181 Å². The van der Waals surface area contributed by atoms with Gasteiger partial charge in [-0.05, 0) is 80.4 Å². The van der Waals surface area contributed by atoms with E-state index in [1.54, 1.807) is 105 Å². The number of para-hydroxylation sites is 3. The lowest BCUT2D eigenvalue weighted by atomic mass is 10.1. The van der Waals surface area contributed by atoms with Gasteiger partial charge in [0.1, 0.15) is 11.8 Å². The van der Waals surface area contributed by atoms with Gasteiger partial charge in [0.15, 0.2) is 5.89 Å². The van der Waals surface area contributed by atoms with E-state index < -0.39 is 65.1 Å². The summed E-state index contributed by atoms with van der Waals surface area (Å²) in [5, 5.41) is 24.3. The van der Waals surface area contributed by atoms with E-state index in [0.29, 0.717) is 44.5 Å². The number of nitrogens with zero attached hydrogens (tertiary/aromatic N) is 3. The number of nitrogens with two attached hydrogens (primary N) is 3. The van der Waals surface area contributed by atoms with Crippen molar-refractivity contribution >= 4 is 105 Å². The standard InChI is InChI=1S/C14H13N3O3.C9H7NO2.C8H7NO3.C8H5NO2.C7H7NO2.C5H8N2O2.C4H6O3.5C2H6.ClH.2H2O/c1-8-15-10-5-3-2-4-9(10)14(20)17(8)11-6-7-12(18)16-13(11)19;1-6-10-8-5-3-2-4-7(8)9(11)12-6;9-7(10)5-3-1-2-4-6(5)8(11)12;10-7-5-3-1-2-4-6(5)8(11)9-7;8-6-4-2-1-3-5(6)7(9)10;6-3-1-2-4(8)7-5(3)9;1-3(5)7-4(2)6;5*1-2;;;/h2-5,11H,6-7H2,1H3,(H,16,18,19);2-5H,1H3;1-4H,(H2,9,10)(H,11,12);1-4H,(H,9,10,11);1-4H,8H2,(H,9,10);3H,1-2,6H2,(H,7,8,9);1-2H3;5*1-2H3;1H;2*1H2/t11-;;;;;3-;;;;;;;;;/m0....0........./s1/i11D;;;;;3D;;;;;;;;;. The Hall–Kier alpha value is -10.7. The van der Waals surface area contributed by atoms with Crippen LogP contribution in [0.5, 0.6) is 0 Å². The summed E-state index contributed by atoms with van der Waals surface area (Å²) in [5.41, 5.74) is 17.3. The smallest absolute Gasteiger partial charge is 0.346 e. The number of aromatic nitrogens is 3. The number of primary amides is 1. The van der Waals surface area contributed by atoms with E-state index in [0.717, 1.165) is 4.57 Å². The topological polar surface area (TPSA) is 493 Å². The molecule has 2 fully saturated rings. The van der Waals surface area contributed by atoms with E-state index in [1.807, 2.05) is 80.6 Å². The minimum atomic E-state index is -1.84. The molecule has 2 saturated heterocycles. The SMILES string of the molecule is CC.CC.CC.CC.CC.CC(=O)OC(C)=O.Cc1nc2ccccc2c(=O)o1.Cl.NC(=O)c1ccccc1C(=O)O.Nc1ccccc1C(=O)O.O.O.O=C1NC(=O)c2ccccc21.[2H][C@]1(N)CCC(=O)NC1=O.[2H][C@]1(n2c(C)nc3ccccc3c2=O)CCC(=O)NC1=O. The molecule has 2 atom stereocenters. The van der Waals surface area contributed by atoms with Crippen LogP contribution in [0.4, 0.5) is 5.69 Å². The molecule has 7 aromatic rings. The van der Waals surface area contributed by atoms with Gasteiger partial charge in [-0.3, -0.25) is 68.5 Å². The predicted octanol–water partition coefficient (Wildman–Crippen LogP) is 6.95. The van der Waals surface area contributed by atoms with Gasteiger partial charge in [0.25, 0.3) is 17.4 Å². The van der Waals surface area contributed by atoms with Crippen molar-refractivity contribution in [1.29, 1.82) is 0 Å². The normalized spacial score (nSPS) is 14.7. The quantitative estimate of drug-likeness (QED) is 0.0382. The number of imide groups is 3. The number of aryl methyl sites for hydroxylation is 2. The second-order valence-electron chi connectivity index (χ2n) is 16.6. The first-order valence-electron chi connectivity index (χ1n) is 29.6. The molecule has 0 spiro atoms. The lowest BCUT2D eigenvalue weighted by molar-refractivity contribution is -0.156. The molecule has 5 aromatic carbocycles. The zero-order valence-electron chi connectivity index (χ0n) is 56.9. The third kappa shape index (κ3) is 30.9. The Morgan fingerprint density at radius 1 is 0.564 bits per heavy atom. The van der Waals surface area contributed by atoms with Crippen LogP contribution in [0.25, 0.3) is 21.8 Å². The van der Waals surface area contributed by atoms with E-state index in [-0.39, 0.29) is 94.9 Å². The highest BCUT2D eigenvalue weighted by Crippen LogP contribution is 2.20. The maximum atomic E-state index is 12.6. The summed E-state index contributed by atoms with van der Waals surface area (Å²) in [7, 11) is 0. The average molecular weight is 1340 g/mol. The average Bonchev–Trinajstić information content (AvgIpc) is 0.922. The van der Waals surface area contributed by atoms with Crippen LogP contribution in [0.3, 0.4) is 0 Å². The molecule has 0 bridgehead atoms. The van der Waals surface area contributed by atoms with E-state index in [1.165, 1.54) is 38.1 Å². The number of rotatable bonds is 4. The molecular weight excluding hydrogens is 1250 g/mol. The highest BCUT2D eigenvalue weighted by molar-refractivity contribution is 6.21. The zero-order valence-corrected chi connectivity index (χ0v) is 55.7. The maximum Gasteiger partial charge on any atom is 0.346 e. The fraction of sp³-hybridized carbons (Fsp3) is 0.308. The first-order valence-corrected chi connectivity index (χ1v) is 28.6. The Kier molecular flexibility index (Phi) is 46.6. The van der Waals surface area contributed by atoms with Crippen LogP contribution in [-0.2, 0) is 33.5 Å². The lowest BCUT2D eigenvalue weighted by Gasteiger charge is -2.24. The fourth-order valence-corrected chi connectivity index (χ4v) is 7.03. The molecule has 15 N–H and O–H groups in total. The number of carboxylic acids is 2. The number of nitrogens with one attached hydrogen (secondary N) is 3. The number of hydrogen-bond donors (Lipinski definition) is 8. The van der Waals surface area contributed by atoms with Gasteiger partial charge in [-0.25, -0.2) is 24.4 Å². The Bertz CT molecular complexity index is 3770. The molecule has 0 unspecified atom stereocenters. The van der Waals surface area contributed by atoms with Crippen LogP contribution in [0.2, 0.25) is 0 Å². The number of esters is 2. The number of halogens is 1. The Balaban J connectivity index is -0.000000333. The zero-order chi connectivity index (χ0) is 71.9. The van der Waals surface area contributed by atoms with Crippen molar-refractivity contribution in [3.8, 4) is 0 Å². The summed E-state index contributed by atoms with van der Waals surface area (Å²) in [5.74, 6) is -6.19. The van der Waals surface area contributed by atoms with Crippen LogP contribution >= 0.6 is 12.4 Å². The third-order valence-corrected chi connectivity index (χ3v) is 10.7. The van der Waals surface area contributed by atoms with Crippen molar-refractivity contribution in [2.24, 2.45) is 11.5 Å². The molecule has 29 heteroatoms. The molecule has 5 heterocycles. The van der Waals surface area contributed by atoms with Gasteiger partial charge < -0.3 is 47.5 Å². The first-order chi connectivity index (χ1) is 44.0. The predicted molar refractivity (Wildman–Crippen MR) is 359 cm³/mol. The second kappa shape index (κ2) is 50.0. The summed E-state index contributed by atoms with van der Waals surface area (Å²) in [4.78, 5) is 150. The summed E-state index contributed by atoms with van der Waals surface area (Å²) in [6, 6.07) is 29.4. The van der Waals surface area contributed by atoms with E-state index >= 15 is 0 Å². The highest BCUT2D eigenvalue weighted by Gasteiger charge is 2.30. The van der Waals surface area contributed by atoms with Gasteiger partial charge in [-0.15, -0.1) is 12.4 Å². The molecule has 3 aliphatic heterocycles. The Morgan fingerprint density at radius 2 is 0.957 bits per heavy atom. The molecule has 3 aliphatic rings. The molecule has 2 aromatic heterocycles. The van der Waals surface area contributed by atoms with Crippen LogP contribution in [-0.4, -0.2) is 107 Å². The number of piperidine rings is 2. The van der Waals surface area contributed by atoms with Crippen molar-refractivity contribution in [1.82, 2.24) is 30.5 Å². The molecule has 7 amide bonds. The number of carboxylic acid groups (broad SMARTS) is 2. The molecule has 10 rings (SSSR count). The van der Waals surface area contributed by atoms with Crippen molar-refractivity contribution in [3.63, 3.8) is 0 Å². The van der Waals surface area contributed by atoms with Gasteiger partial charge in [-0.1, -0.05) is 130 Å². The summed E-state index contributed by atoms with van der Waals surface area (Å²) < 4.78 is 25.4. The van der Waals surface area contributed by atoms with E-state index in [2.05, 4.69) is 25.3 Å². The number of amides is 7. The fourth-order valence-electron chi connectivity index (χ4n) is 7.03. The van der Waals surface area contributed by atoms with Crippen molar-refractivity contribution in [2.45, 2.75) is 135 Å². The lowest BCUT2D eigenvalue weighted by Crippen LogP contribution is -2.48. The number of anilines is 1. The van der Waals surface area contributed by atoms with Gasteiger partial charge in [-0.2, -0.15) is 0 Å². The molecule has 0 saturated carbocycles. The van der Waals surface area contributed by atoms with Gasteiger partial charge >= 0.3 is 29.5 Å². The largest absolute Gasteiger partial charge is 0.478 e. The van der Waals surface area contributed by atoms with E-state index in [4.69, 9.17) is 34.6 Å². The van der Waals surface area contributed by atoms with E-state index in [9.17, 15) is 62.3 Å². The number of carbonyl (C=O) groups excluding carboxylic acids is 9. The number of aromatic carboxylic acids is 2. The summed E-state index contributed by atoms with van der Waals surface area (Å²) >= 11 is 0. The molecule has 0 aliphatic carbocycles. The van der Waals surface area contributed by atoms with Crippen LogP contribution in [0.15, 0.2) is 135 Å². The minimum Gasteiger partial charge on any atom is -0.478 e.